The smallest absolute Gasteiger partial charge is 0.253 e. The second kappa shape index (κ2) is 6.22. The van der Waals surface area contributed by atoms with E-state index in [0.717, 1.165) is 19.4 Å². The first-order valence-electron chi connectivity index (χ1n) is 7.06. The van der Waals surface area contributed by atoms with Crippen LogP contribution in [0, 0.1) is 5.41 Å². The van der Waals surface area contributed by atoms with Crippen molar-refractivity contribution in [2.24, 2.45) is 5.41 Å². The van der Waals surface area contributed by atoms with Crippen molar-refractivity contribution in [2.75, 3.05) is 30.4 Å². The van der Waals surface area contributed by atoms with Gasteiger partial charge >= 0.3 is 0 Å². The molecule has 0 aliphatic heterocycles. The van der Waals surface area contributed by atoms with Gasteiger partial charge in [-0.3, -0.25) is 9.59 Å². The molecule has 0 amide bonds. The van der Waals surface area contributed by atoms with Crippen LogP contribution >= 0.6 is 0 Å². The Kier molecular flexibility index (Phi) is 5.15. The molecule has 0 unspecified atom stereocenters. The fourth-order valence-corrected chi connectivity index (χ4v) is 2.20. The third-order valence-electron chi connectivity index (χ3n) is 3.29. The van der Waals surface area contributed by atoms with Gasteiger partial charge < -0.3 is 10.2 Å². The molecule has 0 aliphatic carbocycles. The Labute approximate surface area is 115 Å². The van der Waals surface area contributed by atoms with Gasteiger partial charge in [-0.05, 0) is 25.2 Å². The monoisotopic (exact) mass is 266 g/mol. The van der Waals surface area contributed by atoms with Crippen LogP contribution in [-0.4, -0.2) is 20.1 Å². The molecule has 1 aromatic rings. The second-order valence-electron chi connectivity index (χ2n) is 6.35. The number of hydrogen-bond acceptors (Lipinski definition) is 4. The molecule has 0 saturated heterocycles. The first-order chi connectivity index (χ1) is 8.78. The van der Waals surface area contributed by atoms with Crippen LogP contribution in [-0.2, 0) is 0 Å². The molecule has 0 aromatic heterocycles. The topological polar surface area (TPSA) is 49.4 Å². The third-order valence-corrected chi connectivity index (χ3v) is 3.29. The average Bonchev–Trinajstić information content (AvgIpc) is 2.32. The highest BCUT2D eigenvalue weighted by Crippen LogP contribution is 2.23. The Morgan fingerprint density at radius 1 is 1.11 bits per heavy atom. The van der Waals surface area contributed by atoms with E-state index in [9.17, 15) is 9.59 Å². The molecule has 1 N–H and O–H groups in total. The fourth-order valence-electron chi connectivity index (χ4n) is 2.20. The van der Waals surface area contributed by atoms with Crippen LogP contribution in [0.3, 0.4) is 0 Å². The highest BCUT2D eigenvalue weighted by atomic mass is 16.2. The summed E-state index contributed by atoms with van der Waals surface area (Å²) in [5.74, 6) is 0. The lowest BCUT2D eigenvalue weighted by Crippen LogP contribution is -2.41. The Morgan fingerprint density at radius 3 is 2.26 bits per heavy atom. The minimum Gasteiger partial charge on any atom is -0.380 e. The second-order valence-corrected chi connectivity index (χ2v) is 6.35. The van der Waals surface area contributed by atoms with Gasteiger partial charge in [-0.15, -0.1) is 0 Å². The molecule has 0 heterocycles. The quantitative estimate of drug-likeness (QED) is 0.608. The number of nitrogens with one attached hydrogen (secondary N) is 1. The zero-order chi connectivity index (χ0) is 14.6. The largest absolute Gasteiger partial charge is 0.380 e. The van der Waals surface area contributed by atoms with E-state index in [4.69, 9.17) is 0 Å². The zero-order valence-corrected chi connectivity index (χ0v) is 12.8. The molecule has 0 fully saturated rings. The van der Waals surface area contributed by atoms with Gasteiger partial charge in [0.05, 0.1) is 0 Å². The van der Waals surface area contributed by atoms with Gasteiger partial charge in [-0.25, -0.2) is 0 Å². The van der Waals surface area contributed by atoms with Crippen molar-refractivity contribution in [2.45, 2.75) is 47.0 Å². The summed E-state index contributed by atoms with van der Waals surface area (Å²) in [5.41, 5.74) is 0.677. The normalized spacial score (nSPS) is 11.8. The van der Waals surface area contributed by atoms with Gasteiger partial charge in [0, 0.05) is 20.1 Å². The summed E-state index contributed by atoms with van der Waals surface area (Å²) in [7, 11) is 1.88. The van der Waals surface area contributed by atoms with Crippen LogP contribution in [0.5, 0.6) is 0 Å². The standard InChI is InChI=1S/C15H26N2O2/c1-6-16-11-12(14(19)13(11)18)17(5)10-8-7-9-15(2,3)4/h16H,6-10H2,1-5H3. The zero-order valence-electron chi connectivity index (χ0n) is 12.8. The number of anilines is 2. The first-order valence-corrected chi connectivity index (χ1v) is 7.06. The van der Waals surface area contributed by atoms with E-state index in [1.807, 2.05) is 18.9 Å². The maximum Gasteiger partial charge on any atom is 0.253 e. The van der Waals surface area contributed by atoms with Crippen molar-refractivity contribution in [3.63, 3.8) is 0 Å². The van der Waals surface area contributed by atoms with E-state index in [0.29, 0.717) is 23.3 Å². The number of unbranched alkanes of at least 4 members (excludes halogenated alkanes) is 1. The first kappa shape index (κ1) is 15.7. The summed E-state index contributed by atoms with van der Waals surface area (Å²) in [4.78, 5) is 24.9. The van der Waals surface area contributed by atoms with Gasteiger partial charge in [-0.2, -0.15) is 0 Å². The van der Waals surface area contributed by atoms with Crippen molar-refractivity contribution >= 4 is 11.4 Å². The molecule has 4 nitrogen and oxygen atoms in total. The molecule has 108 valence electrons. The van der Waals surface area contributed by atoms with Crippen LogP contribution in [0.15, 0.2) is 9.59 Å². The molecule has 0 radical (unpaired) electrons. The molecule has 4 heteroatoms. The third kappa shape index (κ3) is 4.08. The van der Waals surface area contributed by atoms with Crippen molar-refractivity contribution in [3.05, 3.63) is 20.4 Å². The predicted molar refractivity (Wildman–Crippen MR) is 82.1 cm³/mol. The van der Waals surface area contributed by atoms with Gasteiger partial charge in [0.1, 0.15) is 11.4 Å². The molecule has 0 atom stereocenters. The highest BCUT2D eigenvalue weighted by Gasteiger charge is 2.23. The Balaban J connectivity index is 2.51. The van der Waals surface area contributed by atoms with Crippen molar-refractivity contribution in [3.8, 4) is 0 Å². The molecular formula is C15H26N2O2. The lowest BCUT2D eigenvalue weighted by molar-refractivity contribution is 0.361. The molecule has 0 spiro atoms. The number of rotatable bonds is 7. The summed E-state index contributed by atoms with van der Waals surface area (Å²) in [5, 5.41) is 2.98. The van der Waals surface area contributed by atoms with Crippen molar-refractivity contribution in [1.29, 1.82) is 0 Å². The Morgan fingerprint density at radius 2 is 1.74 bits per heavy atom. The summed E-state index contributed by atoms with van der Waals surface area (Å²) >= 11 is 0. The van der Waals surface area contributed by atoms with Crippen LogP contribution in [0.4, 0.5) is 11.4 Å². The Hall–Kier alpha value is -1.32. The van der Waals surface area contributed by atoms with E-state index in [1.165, 1.54) is 6.42 Å². The molecule has 0 bridgehead atoms. The fraction of sp³-hybridized carbons (Fsp3) is 0.733. The molecule has 19 heavy (non-hydrogen) atoms. The van der Waals surface area contributed by atoms with Crippen LogP contribution in [0.2, 0.25) is 0 Å². The minimum atomic E-state index is -0.376. The maximum atomic E-state index is 11.6. The van der Waals surface area contributed by atoms with Gasteiger partial charge in [-0.1, -0.05) is 27.2 Å². The molecule has 0 aliphatic rings. The Bertz CT molecular complexity index is 479. The summed E-state index contributed by atoms with van der Waals surface area (Å²) in [6, 6.07) is 0. The minimum absolute atomic E-state index is 0.353. The van der Waals surface area contributed by atoms with E-state index in [-0.39, 0.29) is 10.9 Å². The van der Waals surface area contributed by atoms with Crippen LogP contribution in [0.1, 0.15) is 47.0 Å². The lowest BCUT2D eigenvalue weighted by Gasteiger charge is -2.24. The SMILES string of the molecule is CCNc1c(N(C)CCCCC(C)(C)C)c(=O)c1=O. The van der Waals surface area contributed by atoms with Gasteiger partial charge in [0.2, 0.25) is 0 Å². The number of nitrogens with zero attached hydrogens (tertiary/aromatic N) is 1. The van der Waals surface area contributed by atoms with E-state index >= 15 is 0 Å². The highest BCUT2D eigenvalue weighted by molar-refractivity contribution is 5.74. The molecule has 1 rings (SSSR count). The molecule has 1 aromatic carbocycles. The number of hydrogen-bond donors (Lipinski definition) is 1. The summed E-state index contributed by atoms with van der Waals surface area (Å²) in [6.45, 7) is 10.1. The van der Waals surface area contributed by atoms with E-state index in [1.54, 1.807) is 0 Å². The van der Waals surface area contributed by atoms with Crippen LogP contribution in [0.25, 0.3) is 0 Å². The predicted octanol–water partition coefficient (Wildman–Crippen LogP) is 2.37. The van der Waals surface area contributed by atoms with Crippen molar-refractivity contribution in [1.82, 2.24) is 0 Å². The van der Waals surface area contributed by atoms with Gasteiger partial charge in [0.25, 0.3) is 10.9 Å². The summed E-state index contributed by atoms with van der Waals surface area (Å²) < 4.78 is 0. The lowest BCUT2D eigenvalue weighted by atomic mass is 9.90. The van der Waals surface area contributed by atoms with Crippen molar-refractivity contribution < 1.29 is 0 Å². The van der Waals surface area contributed by atoms with E-state index < -0.39 is 0 Å². The maximum absolute atomic E-state index is 11.6. The van der Waals surface area contributed by atoms with E-state index in [2.05, 4.69) is 26.1 Å². The molecular weight excluding hydrogens is 240 g/mol. The molecule has 0 saturated carbocycles. The van der Waals surface area contributed by atoms with Crippen LogP contribution < -0.4 is 21.1 Å². The average molecular weight is 266 g/mol. The van der Waals surface area contributed by atoms with Gasteiger partial charge in [0.15, 0.2) is 0 Å². The summed E-state index contributed by atoms with van der Waals surface area (Å²) in [6.07, 6.45) is 3.35.